The maximum Gasteiger partial charge on any atom is 0.410 e. The second-order valence-corrected chi connectivity index (χ2v) is 36.4. The molecule has 7 heterocycles. The first-order chi connectivity index (χ1) is 56.2. The minimum absolute atomic E-state index is 0. The number of thioether (sulfide) groups is 1. The van der Waals surface area contributed by atoms with E-state index in [2.05, 4.69) is 90.1 Å². The number of nitrogen functional groups attached to an aromatic ring is 1. The molecule has 23 nitrogen and oxygen atoms in total. The van der Waals surface area contributed by atoms with Gasteiger partial charge in [-0.2, -0.15) is 0 Å². The van der Waals surface area contributed by atoms with Crippen molar-refractivity contribution in [3.05, 3.63) is 221 Å². The van der Waals surface area contributed by atoms with E-state index >= 15 is 0 Å². The number of nitrogens with zero attached hydrogens (tertiary/aromatic N) is 6. The second kappa shape index (κ2) is 40.7. The lowest BCUT2D eigenvalue weighted by Gasteiger charge is -2.32. The number of nitro benzene ring substituents is 1. The number of carbonyl (C=O) groups is 3. The number of ether oxygens (including phenoxy) is 3. The summed E-state index contributed by atoms with van der Waals surface area (Å²) in [7, 11) is 7.46. The van der Waals surface area contributed by atoms with E-state index < -0.39 is 16.8 Å². The van der Waals surface area contributed by atoms with Gasteiger partial charge in [0.15, 0.2) is 0 Å². The molecule has 4 aliphatic carbocycles. The number of nitrogens with two attached hydrogens (primary N) is 3. The van der Waals surface area contributed by atoms with Crippen molar-refractivity contribution in [2.75, 3.05) is 40.2 Å². The molecule has 0 radical (unpaired) electrons. The van der Waals surface area contributed by atoms with E-state index in [4.69, 9.17) is 36.8 Å². The number of benzene rings is 4. The van der Waals surface area contributed by atoms with Crippen LogP contribution in [0.4, 0.5) is 37.1 Å². The Hall–Kier alpha value is -10.2. The van der Waals surface area contributed by atoms with Gasteiger partial charge < -0.3 is 71.4 Å². The summed E-state index contributed by atoms with van der Waals surface area (Å²) in [4.78, 5) is 78.2. The lowest BCUT2D eigenvalue weighted by atomic mass is 9.90. The summed E-state index contributed by atoms with van der Waals surface area (Å²) >= 11 is 6.27. The van der Waals surface area contributed by atoms with E-state index in [0.29, 0.717) is 22.8 Å². The molecule has 0 fully saturated rings. The van der Waals surface area contributed by atoms with Crippen molar-refractivity contribution in [2.45, 2.75) is 180 Å². The van der Waals surface area contributed by atoms with E-state index in [1.54, 1.807) is 67.9 Å². The monoisotopic (exact) mass is 1800 g/mol. The molecule has 0 saturated carbocycles. The van der Waals surface area contributed by atoms with Crippen molar-refractivity contribution in [1.82, 2.24) is 40.0 Å². The van der Waals surface area contributed by atoms with Crippen LogP contribution in [-0.2, 0) is 14.2 Å². The quantitative estimate of drug-likeness (QED) is 0.00931. The molecule has 4 unspecified atom stereocenters. The standard InChI is InChI=1S/C25H30N4O2S.C20H22N4S.C20H25N3O4.C20H27N3O2.C6H7NS2.HI/c1-25(2,3)31-24(30)29(4)18-10-7-16(8-11-18)20-15-27-21-12-9-17(14-19(20)21)28-23(26)22-6-5-13-32-22;1-22-14-6-4-13(5-7-14)17-12-23-18-9-8-15(11-16(17)18)24-20(21)19-3-2-10-25-19;1-20(2,3)27-19(24)22(4)14-7-5-13(6-8-14)17-12-21-18-10-9-15(23(25)26)11-16(17)18;1-20(2,3)25-19(24)23(4)15-8-5-13(6-9-15)17-12-22-18-10-7-14(21)11-16(17)18;1-8-6(7)5-3-2-4-9-5;/h5-7,9,12-15,18,27H,8,10-11H2,1-4H3,(H2,26,28);2-4,8-12,14,22-23H,5-7H2,1H3,(H2,21,24);5,9-12,14,21H,6-8H2,1-4H3;5,7,10-12,15,22H,6,8-9,21H2,1-4H3;2-4,7H,1H3;1H. The van der Waals surface area contributed by atoms with Crippen molar-refractivity contribution in [3.8, 4) is 0 Å². The number of thiophene rings is 3. The first-order valence-corrected chi connectivity index (χ1v) is 43.7. The molecular formula is C91H112IN15O8S4. The van der Waals surface area contributed by atoms with Crippen molar-refractivity contribution in [1.29, 1.82) is 5.41 Å². The van der Waals surface area contributed by atoms with E-state index in [0.717, 1.165) is 152 Å². The van der Waals surface area contributed by atoms with Gasteiger partial charge in [0.2, 0.25) is 0 Å². The second-order valence-electron chi connectivity index (χ2n) is 32.8. The number of anilines is 1. The molecule has 0 saturated heterocycles. The van der Waals surface area contributed by atoms with Gasteiger partial charge in [-0.15, -0.1) is 69.7 Å². The molecule has 11 aromatic rings. The van der Waals surface area contributed by atoms with Crippen LogP contribution in [-0.4, -0.2) is 150 Å². The number of hydrogen-bond donors (Lipinski definition) is 9. The van der Waals surface area contributed by atoms with Crippen LogP contribution in [0.2, 0.25) is 0 Å². The maximum atomic E-state index is 12.4. The number of halogens is 1. The number of carbonyl (C=O) groups excluding carboxylic acids is 3. The number of amidine groups is 2. The largest absolute Gasteiger partial charge is 0.444 e. The third kappa shape index (κ3) is 24.5. The van der Waals surface area contributed by atoms with E-state index in [1.165, 1.54) is 63.0 Å². The van der Waals surface area contributed by atoms with Crippen LogP contribution in [0, 0.1) is 15.5 Å². The van der Waals surface area contributed by atoms with Gasteiger partial charge in [-0.3, -0.25) is 15.5 Å². The summed E-state index contributed by atoms with van der Waals surface area (Å²) in [5.41, 5.74) is 33.4. The van der Waals surface area contributed by atoms with Crippen LogP contribution in [0.25, 0.3) is 65.9 Å². The zero-order chi connectivity index (χ0) is 84.8. The summed E-state index contributed by atoms with van der Waals surface area (Å²) in [5, 5.41) is 32.8. The number of amides is 3. The zero-order valence-corrected chi connectivity index (χ0v) is 75.9. The zero-order valence-electron chi connectivity index (χ0n) is 70.3. The Morgan fingerprint density at radius 1 is 0.513 bits per heavy atom. The van der Waals surface area contributed by atoms with Crippen LogP contribution in [0.1, 0.15) is 176 Å². The third-order valence-electron chi connectivity index (χ3n) is 20.9. The van der Waals surface area contributed by atoms with Gasteiger partial charge in [0.05, 0.1) is 30.9 Å². The highest BCUT2D eigenvalue weighted by Crippen LogP contribution is 2.40. The fourth-order valence-electron chi connectivity index (χ4n) is 14.6. The molecule has 3 amide bonds. The van der Waals surface area contributed by atoms with Gasteiger partial charge in [-0.05, 0) is 270 Å². The average Bonchev–Trinajstić information content (AvgIpc) is 1.68. The predicted octanol–water partition coefficient (Wildman–Crippen LogP) is 23.0. The summed E-state index contributed by atoms with van der Waals surface area (Å²) in [6.07, 6.45) is 29.2. The Labute approximate surface area is 730 Å². The Bertz CT molecular complexity index is 5530. The number of non-ortho nitro benzene ring substituents is 1. The van der Waals surface area contributed by atoms with Gasteiger partial charge in [0.1, 0.15) is 33.5 Å². The summed E-state index contributed by atoms with van der Waals surface area (Å²) in [6, 6.07) is 36.0. The summed E-state index contributed by atoms with van der Waals surface area (Å²) < 4.78 is 16.4. The fourth-order valence-corrected chi connectivity index (χ4v) is 17.1. The highest BCUT2D eigenvalue weighted by atomic mass is 127. The molecule has 4 aliphatic rings. The molecule has 0 bridgehead atoms. The van der Waals surface area contributed by atoms with Gasteiger partial charge in [0.25, 0.3) is 5.69 Å². The number of aliphatic imine (C=N–C) groups is 2. The Morgan fingerprint density at radius 2 is 0.849 bits per heavy atom. The molecule has 4 aromatic carbocycles. The number of hydrogen-bond acceptors (Lipinski definition) is 17. The minimum Gasteiger partial charge on any atom is -0.444 e. The molecule has 4 atom stereocenters. The van der Waals surface area contributed by atoms with Gasteiger partial charge >= 0.3 is 18.3 Å². The van der Waals surface area contributed by atoms with Crippen LogP contribution < -0.4 is 22.5 Å². The fraction of sp³-hybridized carbons (Fsp3) is 0.363. The Morgan fingerprint density at radius 3 is 1.16 bits per heavy atom. The van der Waals surface area contributed by atoms with E-state index in [9.17, 15) is 24.5 Å². The minimum atomic E-state index is -0.514. The van der Waals surface area contributed by atoms with Gasteiger partial charge in [-0.25, -0.2) is 24.4 Å². The highest BCUT2D eigenvalue weighted by Gasteiger charge is 2.32. The molecule has 7 aromatic heterocycles. The van der Waals surface area contributed by atoms with Crippen molar-refractivity contribution < 1.29 is 33.5 Å². The Kier molecular flexibility index (Phi) is 31.1. The van der Waals surface area contributed by atoms with E-state index in [-0.39, 0.29) is 71.0 Å². The first kappa shape index (κ1) is 91.1. The SMILES string of the molecule is CN(C(=O)OC(C)(C)C)C1CC=C(c2c[nH]c3ccc(N)cc23)CC1.CN(C(=O)OC(C)(C)C)C1CC=C(c2c[nH]c3ccc(N=C(N)c4cccs4)cc23)CC1.CN(C(=O)OC(C)(C)C)C1CC=C(c2c[nH]c3ccc([N+](=O)[O-])cc23)CC1.CNC1CC=C(c2c[nH]c3ccc(N=C(N)c4cccs4)cc23)CC1.CSC(=N)c1cccs1.I. The lowest BCUT2D eigenvalue weighted by Crippen LogP contribution is -2.41. The van der Waals surface area contributed by atoms with Gasteiger partial charge in [0, 0.05) is 154 Å². The lowest BCUT2D eigenvalue weighted by molar-refractivity contribution is -0.384. The Balaban J connectivity index is 0.000000161. The summed E-state index contributed by atoms with van der Waals surface area (Å²) in [5.74, 6) is 1.10. The van der Waals surface area contributed by atoms with Crippen LogP contribution in [0.5, 0.6) is 0 Å². The molecule has 0 spiro atoms. The summed E-state index contributed by atoms with van der Waals surface area (Å²) in [6.45, 7) is 16.9. The first-order valence-electron chi connectivity index (χ1n) is 39.8. The molecule has 630 valence electrons. The van der Waals surface area contributed by atoms with Crippen molar-refractivity contribution in [3.63, 3.8) is 0 Å². The molecule has 15 rings (SSSR count). The van der Waals surface area contributed by atoms with Crippen LogP contribution >= 0.6 is 69.7 Å². The molecular weight excluding hydrogens is 1690 g/mol. The topological polar surface area (TPSA) is 334 Å². The number of nitrogens with one attached hydrogen (secondary N) is 6. The number of fused-ring (bicyclic) bond motifs is 4. The molecule has 0 aliphatic heterocycles. The van der Waals surface area contributed by atoms with Crippen molar-refractivity contribution in [2.24, 2.45) is 21.5 Å². The van der Waals surface area contributed by atoms with E-state index in [1.807, 2.05) is 191 Å². The number of rotatable bonds is 14. The maximum absolute atomic E-state index is 12.4. The molecule has 12 N–H and O–H groups in total. The number of nitro groups is 1. The number of allylic oxidation sites excluding steroid dienone is 4. The molecule has 119 heavy (non-hydrogen) atoms. The highest BCUT2D eigenvalue weighted by molar-refractivity contribution is 14.0. The van der Waals surface area contributed by atoms with Gasteiger partial charge in [-0.1, -0.05) is 42.5 Å². The number of H-pyrrole nitrogens is 4. The predicted molar refractivity (Wildman–Crippen MR) is 507 cm³/mol. The number of aromatic amines is 4. The smallest absolute Gasteiger partial charge is 0.410 e. The molecule has 28 heteroatoms. The van der Waals surface area contributed by atoms with Crippen LogP contribution in [0.3, 0.4) is 0 Å². The normalized spacial score (nSPS) is 17.0. The number of aromatic nitrogens is 4. The average molecular weight is 1800 g/mol. The third-order valence-corrected chi connectivity index (χ3v) is 24.4. The van der Waals surface area contributed by atoms with Crippen molar-refractivity contribution >= 4 is 193 Å². The van der Waals surface area contributed by atoms with Crippen LogP contribution in [0.15, 0.2) is 184 Å².